The van der Waals surface area contributed by atoms with Crippen LogP contribution in [0, 0.1) is 11.3 Å². The van der Waals surface area contributed by atoms with E-state index in [9.17, 15) is 8.42 Å². The number of hydrogen-bond acceptors (Lipinski definition) is 4. The van der Waals surface area contributed by atoms with Gasteiger partial charge in [-0.3, -0.25) is 0 Å². The Morgan fingerprint density at radius 1 is 1.54 bits per heavy atom. The lowest BCUT2D eigenvalue weighted by molar-refractivity contribution is 0.171. The van der Waals surface area contributed by atoms with E-state index in [0.29, 0.717) is 0 Å². The van der Waals surface area contributed by atoms with Crippen LogP contribution < -0.4 is 0 Å². The maximum atomic E-state index is 11.4. The Morgan fingerprint density at radius 3 is 2.31 bits per heavy atom. The summed E-state index contributed by atoms with van der Waals surface area (Å²) in [6.45, 7) is 2.81. The van der Waals surface area contributed by atoms with Crippen LogP contribution in [0.15, 0.2) is 0 Å². The first kappa shape index (κ1) is 12.4. The van der Waals surface area contributed by atoms with Gasteiger partial charge in [-0.1, -0.05) is 0 Å². The second kappa shape index (κ2) is 4.56. The van der Waals surface area contributed by atoms with Crippen molar-refractivity contribution >= 4 is 10.0 Å². The average Bonchev–Trinajstić information content (AvgIpc) is 2.01. The van der Waals surface area contributed by atoms with Crippen LogP contribution in [0.3, 0.4) is 0 Å². The van der Waals surface area contributed by atoms with E-state index in [1.54, 1.807) is 6.07 Å². The predicted octanol–water partition coefficient (Wildman–Crippen LogP) is -0.459. The summed E-state index contributed by atoms with van der Waals surface area (Å²) >= 11 is 0. The lowest BCUT2D eigenvalue weighted by Crippen LogP contribution is -2.38. The van der Waals surface area contributed by atoms with Gasteiger partial charge in [0.25, 0.3) is 0 Å². The zero-order valence-corrected chi connectivity index (χ0v) is 8.74. The molecule has 0 aliphatic heterocycles. The van der Waals surface area contributed by atoms with Gasteiger partial charge in [-0.25, -0.2) is 12.7 Å². The number of nitrogens with zero attached hydrogens (tertiary/aromatic N) is 2. The van der Waals surface area contributed by atoms with Crippen LogP contribution in [0.2, 0.25) is 0 Å². The van der Waals surface area contributed by atoms with E-state index in [1.807, 2.05) is 0 Å². The van der Waals surface area contributed by atoms with Crippen LogP contribution in [0.25, 0.3) is 0 Å². The normalized spacial score (nSPS) is 16.6. The van der Waals surface area contributed by atoms with E-state index < -0.39 is 21.4 Å². The zero-order chi connectivity index (χ0) is 10.6. The SMILES string of the molecule is CC(O)CN(C)S(=O)(=O)C(C)C#N. The Labute approximate surface area is 78.6 Å². The van der Waals surface area contributed by atoms with Gasteiger partial charge in [-0.15, -0.1) is 0 Å². The summed E-state index contributed by atoms with van der Waals surface area (Å²) in [6, 6.07) is 1.65. The highest BCUT2D eigenvalue weighted by Crippen LogP contribution is 2.06. The Morgan fingerprint density at radius 2 is 2.00 bits per heavy atom. The van der Waals surface area contributed by atoms with Crippen LogP contribution in [-0.2, 0) is 10.0 Å². The number of aliphatic hydroxyl groups excluding tert-OH is 1. The van der Waals surface area contributed by atoms with Crippen molar-refractivity contribution in [3.05, 3.63) is 0 Å². The number of likely N-dealkylation sites (N-methyl/N-ethyl adjacent to an activating group) is 1. The van der Waals surface area contributed by atoms with Crippen molar-refractivity contribution in [2.24, 2.45) is 0 Å². The van der Waals surface area contributed by atoms with Crippen LogP contribution in [0.1, 0.15) is 13.8 Å². The lowest BCUT2D eigenvalue weighted by Gasteiger charge is -2.19. The Balaban J connectivity index is 4.58. The summed E-state index contributed by atoms with van der Waals surface area (Å²) in [5.74, 6) is 0. The molecule has 76 valence electrons. The molecule has 0 aromatic heterocycles. The molecule has 2 atom stereocenters. The molecule has 2 unspecified atom stereocenters. The third kappa shape index (κ3) is 3.30. The maximum absolute atomic E-state index is 11.4. The highest BCUT2D eigenvalue weighted by atomic mass is 32.2. The fourth-order valence-electron chi connectivity index (χ4n) is 0.813. The summed E-state index contributed by atoms with van der Waals surface area (Å²) in [7, 11) is -2.23. The molecule has 6 heteroatoms. The van der Waals surface area contributed by atoms with Crippen molar-refractivity contribution in [1.82, 2.24) is 4.31 Å². The summed E-state index contributed by atoms with van der Waals surface area (Å²) in [6.07, 6.45) is -0.731. The fourth-order valence-corrected chi connectivity index (χ4v) is 1.91. The van der Waals surface area contributed by atoms with E-state index in [-0.39, 0.29) is 6.54 Å². The molecule has 0 aliphatic carbocycles. The first-order valence-corrected chi connectivity index (χ1v) is 5.35. The molecule has 0 radical (unpaired) electrons. The molecule has 0 rings (SSSR count). The number of sulfonamides is 1. The molecule has 0 bridgehead atoms. The Bertz CT molecular complexity index is 291. The molecule has 0 aromatic rings. The lowest BCUT2D eigenvalue weighted by atomic mass is 10.4. The van der Waals surface area contributed by atoms with Gasteiger partial charge in [0, 0.05) is 13.6 Å². The van der Waals surface area contributed by atoms with Crippen molar-refractivity contribution in [3.8, 4) is 6.07 Å². The molecule has 0 aromatic carbocycles. The number of aliphatic hydroxyl groups is 1. The zero-order valence-electron chi connectivity index (χ0n) is 7.93. The van der Waals surface area contributed by atoms with Gasteiger partial charge in [0.15, 0.2) is 5.25 Å². The molecule has 0 fully saturated rings. The van der Waals surface area contributed by atoms with E-state index in [0.717, 1.165) is 4.31 Å². The minimum atomic E-state index is -3.57. The van der Waals surface area contributed by atoms with Gasteiger partial charge in [0.05, 0.1) is 12.2 Å². The summed E-state index contributed by atoms with van der Waals surface area (Å²) in [5.41, 5.74) is 0. The van der Waals surface area contributed by atoms with Gasteiger partial charge >= 0.3 is 0 Å². The molecule has 0 spiro atoms. The largest absolute Gasteiger partial charge is 0.392 e. The molecule has 0 heterocycles. The smallest absolute Gasteiger partial charge is 0.230 e. The maximum Gasteiger partial charge on any atom is 0.230 e. The molecule has 0 saturated heterocycles. The molecule has 5 nitrogen and oxygen atoms in total. The molecular weight excluding hydrogens is 192 g/mol. The van der Waals surface area contributed by atoms with Crippen LogP contribution >= 0.6 is 0 Å². The monoisotopic (exact) mass is 206 g/mol. The minimum absolute atomic E-state index is 0.00829. The Kier molecular flexibility index (Phi) is 4.33. The van der Waals surface area contributed by atoms with Crippen molar-refractivity contribution in [1.29, 1.82) is 5.26 Å². The molecule has 0 amide bonds. The van der Waals surface area contributed by atoms with Crippen molar-refractivity contribution in [2.75, 3.05) is 13.6 Å². The van der Waals surface area contributed by atoms with Crippen molar-refractivity contribution in [2.45, 2.75) is 25.2 Å². The van der Waals surface area contributed by atoms with Crippen LogP contribution in [0.5, 0.6) is 0 Å². The number of nitriles is 1. The second-order valence-corrected chi connectivity index (χ2v) is 5.31. The third-order valence-electron chi connectivity index (χ3n) is 1.58. The highest BCUT2D eigenvalue weighted by Gasteiger charge is 2.26. The first-order chi connectivity index (χ1) is 5.82. The molecule has 0 saturated carbocycles. The third-order valence-corrected chi connectivity index (χ3v) is 3.60. The van der Waals surface area contributed by atoms with E-state index >= 15 is 0 Å². The van der Waals surface area contributed by atoms with E-state index in [1.165, 1.54) is 20.9 Å². The topological polar surface area (TPSA) is 81.4 Å². The predicted molar refractivity (Wildman–Crippen MR) is 48.3 cm³/mol. The standard InChI is InChI=1S/C7H14N2O3S/c1-6(10)5-9(3)13(11,12)7(2)4-8/h6-7,10H,5H2,1-3H3. The molecule has 13 heavy (non-hydrogen) atoms. The summed E-state index contributed by atoms with van der Waals surface area (Å²) in [5, 5.41) is 16.3. The molecule has 0 aliphatic rings. The minimum Gasteiger partial charge on any atom is -0.392 e. The molecular formula is C7H14N2O3S. The quantitative estimate of drug-likeness (QED) is 0.675. The van der Waals surface area contributed by atoms with Gasteiger partial charge < -0.3 is 5.11 Å². The molecule has 1 N–H and O–H groups in total. The van der Waals surface area contributed by atoms with Gasteiger partial charge in [-0.2, -0.15) is 5.26 Å². The van der Waals surface area contributed by atoms with Crippen molar-refractivity contribution < 1.29 is 13.5 Å². The van der Waals surface area contributed by atoms with Gasteiger partial charge in [0.2, 0.25) is 10.0 Å². The summed E-state index contributed by atoms with van der Waals surface area (Å²) in [4.78, 5) is 0. The first-order valence-electron chi connectivity index (χ1n) is 3.85. The van der Waals surface area contributed by atoms with E-state index in [4.69, 9.17) is 10.4 Å². The van der Waals surface area contributed by atoms with Crippen LogP contribution in [0.4, 0.5) is 0 Å². The Hall–Kier alpha value is -0.640. The summed E-state index contributed by atoms with van der Waals surface area (Å²) < 4.78 is 23.8. The van der Waals surface area contributed by atoms with Crippen molar-refractivity contribution in [3.63, 3.8) is 0 Å². The van der Waals surface area contributed by atoms with E-state index in [2.05, 4.69) is 0 Å². The fraction of sp³-hybridized carbons (Fsp3) is 0.857. The van der Waals surface area contributed by atoms with Crippen LogP contribution in [-0.4, -0.2) is 42.8 Å². The number of hydrogen-bond donors (Lipinski definition) is 1. The number of rotatable bonds is 4. The second-order valence-electron chi connectivity index (χ2n) is 2.95. The van der Waals surface area contributed by atoms with Gasteiger partial charge in [0.1, 0.15) is 0 Å². The average molecular weight is 206 g/mol. The van der Waals surface area contributed by atoms with Gasteiger partial charge in [-0.05, 0) is 13.8 Å². The highest BCUT2D eigenvalue weighted by molar-refractivity contribution is 7.89.